The molecule has 2 aliphatic rings. The lowest BCUT2D eigenvalue weighted by Gasteiger charge is -2.12. The number of ether oxygens (including phenoxy) is 1. The minimum atomic E-state index is -0.320. The number of thioether (sulfide) groups is 2. The van der Waals surface area contributed by atoms with Gasteiger partial charge in [0, 0.05) is 0 Å². The lowest BCUT2D eigenvalue weighted by Crippen LogP contribution is -2.24. The van der Waals surface area contributed by atoms with E-state index in [0.29, 0.717) is 16.7 Å². The Bertz CT molecular complexity index is 1060. The molecule has 7 nitrogen and oxygen atoms in total. The molecule has 4 rings (SSSR count). The zero-order valence-corrected chi connectivity index (χ0v) is 17.5. The highest BCUT2D eigenvalue weighted by molar-refractivity contribution is 8.17. The van der Waals surface area contributed by atoms with Gasteiger partial charge in [-0.1, -0.05) is 29.2 Å². The molecule has 28 heavy (non-hydrogen) atoms. The van der Waals surface area contributed by atoms with Gasteiger partial charge < -0.3 is 10.1 Å². The van der Waals surface area contributed by atoms with Crippen molar-refractivity contribution in [2.75, 3.05) is 23.9 Å². The Morgan fingerprint density at radius 1 is 1.36 bits per heavy atom. The van der Waals surface area contributed by atoms with Gasteiger partial charge in [0.2, 0.25) is 5.91 Å². The molecule has 3 heterocycles. The van der Waals surface area contributed by atoms with Crippen LogP contribution in [0.5, 0.6) is 5.75 Å². The largest absolute Gasteiger partial charge is 0.497 e. The summed E-state index contributed by atoms with van der Waals surface area (Å²) >= 11 is 4.27. The van der Waals surface area contributed by atoms with E-state index in [-0.39, 0.29) is 23.5 Å². The third-order valence-corrected chi connectivity index (χ3v) is 6.86. The number of aromatic nitrogens is 1. The molecule has 2 aliphatic heterocycles. The fourth-order valence-corrected chi connectivity index (χ4v) is 5.29. The molecule has 0 spiro atoms. The summed E-state index contributed by atoms with van der Waals surface area (Å²) in [4.78, 5) is 38.2. The first kappa shape index (κ1) is 19.2. The van der Waals surface area contributed by atoms with Crippen molar-refractivity contribution >= 4 is 72.9 Å². The number of amides is 2. The van der Waals surface area contributed by atoms with Crippen LogP contribution in [0, 0.1) is 5.92 Å². The van der Waals surface area contributed by atoms with E-state index in [1.54, 1.807) is 7.11 Å². The number of amidine groups is 1. The van der Waals surface area contributed by atoms with E-state index in [1.165, 1.54) is 34.9 Å². The SMILES string of the molecule is COc1ccc2nc(NC(=O)CSCC3=NC(=O)C4C=C(C)SC4=N3)sc2c1. The van der Waals surface area contributed by atoms with Gasteiger partial charge in [0.05, 0.1) is 33.9 Å². The number of benzene rings is 1. The van der Waals surface area contributed by atoms with Crippen LogP contribution in [0.15, 0.2) is 39.2 Å². The Morgan fingerprint density at radius 2 is 2.21 bits per heavy atom. The maximum Gasteiger partial charge on any atom is 0.261 e. The molecule has 0 bridgehead atoms. The van der Waals surface area contributed by atoms with Gasteiger partial charge in [-0.2, -0.15) is 4.99 Å². The third-order valence-electron chi connectivity index (χ3n) is 3.98. The average Bonchev–Trinajstić information content (AvgIpc) is 3.23. The number of methoxy groups -OCH3 is 1. The van der Waals surface area contributed by atoms with Crippen molar-refractivity contribution in [1.82, 2.24) is 4.98 Å². The summed E-state index contributed by atoms with van der Waals surface area (Å²) in [7, 11) is 1.61. The molecule has 0 aliphatic carbocycles. The molecule has 2 aromatic rings. The molecule has 0 radical (unpaired) electrons. The number of hydrogen-bond acceptors (Lipinski definition) is 8. The molecule has 2 amide bonds. The van der Waals surface area contributed by atoms with Crippen molar-refractivity contribution in [3.05, 3.63) is 29.2 Å². The number of hydrogen-bond donors (Lipinski definition) is 1. The lowest BCUT2D eigenvalue weighted by molar-refractivity contribution is -0.118. The standard InChI is InChI=1S/C18H16N4O3S3/c1-9-5-11-16(24)20-14(21-17(11)27-9)7-26-8-15(23)22-18-19-12-4-3-10(25-2)6-13(12)28-18/h3-6,11H,7-8H2,1-2H3,(H,19,22,23). The van der Waals surface area contributed by atoms with Crippen molar-refractivity contribution in [3.63, 3.8) is 0 Å². The van der Waals surface area contributed by atoms with Crippen molar-refractivity contribution in [1.29, 1.82) is 0 Å². The molecular weight excluding hydrogens is 416 g/mol. The maximum atomic E-state index is 12.2. The van der Waals surface area contributed by atoms with Crippen LogP contribution >= 0.6 is 34.9 Å². The van der Waals surface area contributed by atoms with Crippen molar-refractivity contribution < 1.29 is 14.3 Å². The fraction of sp³-hybridized carbons (Fsp3) is 0.278. The zero-order valence-electron chi connectivity index (χ0n) is 15.1. The molecule has 10 heteroatoms. The first-order valence-corrected chi connectivity index (χ1v) is 11.2. The molecule has 1 unspecified atom stereocenters. The molecule has 1 aromatic heterocycles. The molecule has 0 saturated carbocycles. The number of nitrogens with one attached hydrogen (secondary N) is 1. The van der Waals surface area contributed by atoms with Gasteiger partial charge >= 0.3 is 0 Å². The van der Waals surface area contributed by atoms with Crippen LogP contribution in [0.4, 0.5) is 5.13 Å². The lowest BCUT2D eigenvalue weighted by atomic mass is 10.1. The summed E-state index contributed by atoms with van der Waals surface area (Å²) in [6, 6.07) is 5.58. The Balaban J connectivity index is 1.31. The molecular formula is C18H16N4O3S3. The van der Waals surface area contributed by atoms with E-state index in [4.69, 9.17) is 4.74 Å². The van der Waals surface area contributed by atoms with Gasteiger partial charge in [-0.05, 0) is 30.0 Å². The number of thiazole rings is 1. The third kappa shape index (κ3) is 4.13. The van der Waals surface area contributed by atoms with E-state index >= 15 is 0 Å². The number of carbonyl (C=O) groups excluding carboxylic acids is 2. The smallest absolute Gasteiger partial charge is 0.261 e. The molecule has 144 valence electrons. The Morgan fingerprint density at radius 3 is 3.04 bits per heavy atom. The van der Waals surface area contributed by atoms with E-state index < -0.39 is 0 Å². The van der Waals surface area contributed by atoms with Crippen LogP contribution in [-0.2, 0) is 9.59 Å². The Hall–Kier alpha value is -2.17. The highest BCUT2D eigenvalue weighted by Crippen LogP contribution is 2.34. The van der Waals surface area contributed by atoms with Crippen LogP contribution in [0.1, 0.15) is 6.92 Å². The maximum absolute atomic E-state index is 12.2. The van der Waals surface area contributed by atoms with Crippen LogP contribution in [0.25, 0.3) is 10.2 Å². The highest BCUT2D eigenvalue weighted by Gasteiger charge is 2.32. The monoisotopic (exact) mass is 432 g/mol. The van der Waals surface area contributed by atoms with E-state index in [9.17, 15) is 9.59 Å². The second-order valence-electron chi connectivity index (χ2n) is 6.07. The minimum absolute atomic E-state index is 0.156. The average molecular weight is 433 g/mol. The van der Waals surface area contributed by atoms with Crippen molar-refractivity contribution in [2.24, 2.45) is 15.9 Å². The number of rotatable bonds is 6. The van der Waals surface area contributed by atoms with Crippen molar-refractivity contribution in [2.45, 2.75) is 6.92 Å². The first-order valence-electron chi connectivity index (χ1n) is 8.40. The van der Waals surface area contributed by atoms with Crippen LogP contribution < -0.4 is 10.1 Å². The molecule has 1 atom stereocenters. The predicted octanol–water partition coefficient (Wildman–Crippen LogP) is 3.58. The summed E-state index contributed by atoms with van der Waals surface area (Å²) in [5.41, 5.74) is 0.812. The van der Waals surface area contributed by atoms with E-state index in [2.05, 4.69) is 20.3 Å². The van der Waals surface area contributed by atoms with Crippen molar-refractivity contribution in [3.8, 4) is 5.75 Å². The second kappa shape index (κ2) is 8.06. The van der Waals surface area contributed by atoms with Crippen LogP contribution in [0.3, 0.4) is 0 Å². The Labute approximate surface area is 173 Å². The summed E-state index contributed by atoms with van der Waals surface area (Å²) in [5, 5.41) is 4.14. The summed E-state index contributed by atoms with van der Waals surface area (Å²) < 4.78 is 6.15. The van der Waals surface area contributed by atoms with E-state index in [0.717, 1.165) is 25.9 Å². The Kier molecular flexibility index (Phi) is 5.51. The number of aliphatic imine (C=N–C) groups is 2. The van der Waals surface area contributed by atoms with E-state index in [1.807, 2.05) is 31.2 Å². The molecule has 1 aromatic carbocycles. The van der Waals surface area contributed by atoms with Gasteiger partial charge in [-0.15, -0.1) is 11.8 Å². The molecule has 0 fully saturated rings. The zero-order chi connectivity index (χ0) is 19.7. The first-order chi connectivity index (χ1) is 13.5. The van der Waals surface area contributed by atoms with Gasteiger partial charge in [0.15, 0.2) is 5.13 Å². The number of fused-ring (bicyclic) bond motifs is 2. The quantitative estimate of drug-likeness (QED) is 0.750. The van der Waals surface area contributed by atoms with Gasteiger partial charge in [-0.25, -0.2) is 9.98 Å². The fourth-order valence-electron chi connectivity index (χ4n) is 2.73. The van der Waals surface area contributed by atoms with Crippen LogP contribution in [0.2, 0.25) is 0 Å². The van der Waals surface area contributed by atoms with Gasteiger partial charge in [-0.3, -0.25) is 9.59 Å². The molecule has 1 N–H and O–H groups in total. The number of nitrogens with zero attached hydrogens (tertiary/aromatic N) is 3. The van der Waals surface area contributed by atoms with Gasteiger partial charge in [0.25, 0.3) is 5.91 Å². The second-order valence-corrected chi connectivity index (χ2v) is 9.35. The minimum Gasteiger partial charge on any atom is -0.497 e. The number of anilines is 1. The highest BCUT2D eigenvalue weighted by atomic mass is 32.2. The number of allylic oxidation sites excluding steroid dienone is 1. The summed E-state index contributed by atoms with van der Waals surface area (Å²) in [6.45, 7) is 1.95. The summed E-state index contributed by atoms with van der Waals surface area (Å²) in [5.74, 6) is 1.20. The number of carbonyl (C=O) groups is 2. The van der Waals surface area contributed by atoms with Gasteiger partial charge in [0.1, 0.15) is 17.5 Å². The topological polar surface area (TPSA) is 93.0 Å². The summed E-state index contributed by atoms with van der Waals surface area (Å²) in [6.07, 6.45) is 1.89. The normalized spacial score (nSPS) is 18.4. The van der Waals surface area contributed by atoms with Crippen LogP contribution in [-0.4, -0.2) is 46.3 Å². The molecule has 0 saturated heterocycles. The predicted molar refractivity (Wildman–Crippen MR) is 117 cm³/mol.